The van der Waals surface area contributed by atoms with E-state index in [0.717, 1.165) is 5.69 Å². The molecule has 1 N–H and O–H groups in total. The van der Waals surface area contributed by atoms with E-state index in [2.05, 4.69) is 4.90 Å². The topological polar surface area (TPSA) is 74.7 Å². The average Bonchev–Trinajstić information content (AvgIpc) is 2.62. The van der Waals surface area contributed by atoms with Gasteiger partial charge < -0.3 is 10.0 Å². The Morgan fingerprint density at radius 3 is 2.36 bits per heavy atom. The van der Waals surface area contributed by atoms with Crippen LogP contribution in [0.2, 0.25) is 0 Å². The summed E-state index contributed by atoms with van der Waals surface area (Å²) in [6, 6.07) is 16.3. The molecule has 3 rings (SSSR count). The van der Waals surface area contributed by atoms with Crippen LogP contribution in [0.4, 0.5) is 5.69 Å². The molecule has 1 aliphatic rings. The summed E-state index contributed by atoms with van der Waals surface area (Å²) in [5.41, 5.74) is 1.62. The zero-order valence-electron chi connectivity index (χ0n) is 13.8. The highest BCUT2D eigenvalue weighted by Gasteiger charge is 2.31. The van der Waals surface area contributed by atoms with Crippen LogP contribution in [0.25, 0.3) is 0 Å². The maximum absolute atomic E-state index is 12.9. The SMILES string of the molecule is O=C(O)Cc1cccc(S(=O)(=O)C2CCN(c3ccccc3)CC2)c1. The molecule has 0 atom stereocenters. The van der Waals surface area contributed by atoms with E-state index in [1.54, 1.807) is 18.2 Å². The second kappa shape index (κ2) is 7.27. The monoisotopic (exact) mass is 359 g/mol. The zero-order chi connectivity index (χ0) is 17.9. The maximum atomic E-state index is 12.9. The van der Waals surface area contributed by atoms with Crippen molar-refractivity contribution in [1.29, 1.82) is 0 Å². The number of carbonyl (C=O) groups is 1. The van der Waals surface area contributed by atoms with Gasteiger partial charge in [-0.1, -0.05) is 30.3 Å². The van der Waals surface area contributed by atoms with Crippen molar-refractivity contribution in [1.82, 2.24) is 0 Å². The van der Waals surface area contributed by atoms with Crippen molar-refractivity contribution in [2.75, 3.05) is 18.0 Å². The number of rotatable bonds is 5. The molecule has 1 heterocycles. The molecule has 0 saturated carbocycles. The molecular formula is C19H21NO4S. The van der Waals surface area contributed by atoms with Gasteiger partial charge in [0.1, 0.15) is 0 Å². The van der Waals surface area contributed by atoms with Crippen LogP contribution in [0, 0.1) is 0 Å². The summed E-state index contributed by atoms with van der Waals surface area (Å²) in [5, 5.41) is 8.47. The van der Waals surface area contributed by atoms with Crippen LogP contribution in [-0.2, 0) is 21.1 Å². The van der Waals surface area contributed by atoms with Gasteiger partial charge in [-0.25, -0.2) is 8.42 Å². The second-order valence-corrected chi connectivity index (χ2v) is 8.51. The molecule has 0 spiro atoms. The Morgan fingerprint density at radius 2 is 1.72 bits per heavy atom. The molecule has 0 bridgehead atoms. The number of sulfone groups is 1. The fourth-order valence-electron chi connectivity index (χ4n) is 3.26. The van der Waals surface area contributed by atoms with Gasteiger partial charge in [0.15, 0.2) is 9.84 Å². The maximum Gasteiger partial charge on any atom is 0.307 e. The highest BCUT2D eigenvalue weighted by Crippen LogP contribution is 2.27. The summed E-state index contributed by atoms with van der Waals surface area (Å²) >= 11 is 0. The van der Waals surface area contributed by atoms with Crippen molar-refractivity contribution in [2.24, 2.45) is 0 Å². The van der Waals surface area contributed by atoms with Crippen LogP contribution in [0.15, 0.2) is 59.5 Å². The van der Waals surface area contributed by atoms with Crippen LogP contribution < -0.4 is 4.90 Å². The summed E-state index contributed by atoms with van der Waals surface area (Å²) in [4.78, 5) is 13.3. The predicted octanol–water partition coefficient (Wildman–Crippen LogP) is 2.76. The van der Waals surface area contributed by atoms with E-state index < -0.39 is 21.1 Å². The lowest BCUT2D eigenvalue weighted by Gasteiger charge is -2.33. The first kappa shape index (κ1) is 17.5. The lowest BCUT2D eigenvalue weighted by Crippen LogP contribution is -2.39. The molecule has 2 aromatic rings. The van der Waals surface area contributed by atoms with Gasteiger partial charge in [-0.05, 0) is 42.7 Å². The highest BCUT2D eigenvalue weighted by molar-refractivity contribution is 7.92. The number of carboxylic acids is 1. The van der Waals surface area contributed by atoms with E-state index in [1.165, 1.54) is 6.07 Å². The highest BCUT2D eigenvalue weighted by atomic mass is 32.2. The summed E-state index contributed by atoms with van der Waals surface area (Å²) in [6.45, 7) is 1.39. The third-order valence-corrected chi connectivity index (χ3v) is 6.84. The molecule has 0 unspecified atom stereocenters. The van der Waals surface area contributed by atoms with Crippen molar-refractivity contribution < 1.29 is 18.3 Å². The quantitative estimate of drug-likeness (QED) is 0.888. The third-order valence-electron chi connectivity index (χ3n) is 4.58. The molecule has 1 saturated heterocycles. The van der Waals surface area contributed by atoms with E-state index in [9.17, 15) is 13.2 Å². The number of hydrogen-bond acceptors (Lipinski definition) is 4. The van der Waals surface area contributed by atoms with Crippen molar-refractivity contribution in [3.8, 4) is 0 Å². The largest absolute Gasteiger partial charge is 0.481 e. The first-order valence-electron chi connectivity index (χ1n) is 8.31. The Balaban J connectivity index is 1.73. The molecule has 25 heavy (non-hydrogen) atoms. The first-order valence-corrected chi connectivity index (χ1v) is 9.86. The smallest absolute Gasteiger partial charge is 0.307 e. The fourth-order valence-corrected chi connectivity index (χ4v) is 5.06. The third kappa shape index (κ3) is 4.02. The molecule has 2 aromatic carbocycles. The van der Waals surface area contributed by atoms with Crippen LogP contribution in [0.1, 0.15) is 18.4 Å². The van der Waals surface area contributed by atoms with Crippen LogP contribution in [0.3, 0.4) is 0 Å². The van der Waals surface area contributed by atoms with Gasteiger partial charge in [0, 0.05) is 18.8 Å². The molecule has 0 amide bonds. The molecule has 1 aliphatic heterocycles. The number of carboxylic acid groups (broad SMARTS) is 1. The minimum Gasteiger partial charge on any atom is -0.481 e. The van der Waals surface area contributed by atoms with Gasteiger partial charge in [-0.2, -0.15) is 0 Å². The zero-order valence-corrected chi connectivity index (χ0v) is 14.7. The van der Waals surface area contributed by atoms with Crippen LogP contribution in [0.5, 0.6) is 0 Å². The summed E-state index contributed by atoms with van der Waals surface area (Å²) in [7, 11) is -3.45. The van der Waals surface area contributed by atoms with E-state index in [-0.39, 0.29) is 11.3 Å². The van der Waals surface area contributed by atoms with Crippen LogP contribution in [-0.4, -0.2) is 37.8 Å². The summed E-state index contributed by atoms with van der Waals surface area (Å²) in [6.07, 6.45) is 0.969. The van der Waals surface area contributed by atoms with E-state index in [0.29, 0.717) is 31.5 Å². The van der Waals surface area contributed by atoms with E-state index >= 15 is 0 Å². The Kier molecular flexibility index (Phi) is 5.08. The average molecular weight is 359 g/mol. The number of piperidine rings is 1. The van der Waals surface area contributed by atoms with Gasteiger partial charge in [-0.3, -0.25) is 4.79 Å². The lowest BCUT2D eigenvalue weighted by atomic mass is 10.1. The van der Waals surface area contributed by atoms with Gasteiger partial charge >= 0.3 is 5.97 Å². The standard InChI is InChI=1S/C19H21NO4S/c21-19(22)14-15-5-4-8-18(13-15)25(23,24)17-9-11-20(12-10-17)16-6-2-1-3-7-16/h1-8,13,17H,9-12,14H2,(H,21,22). The molecule has 0 aliphatic carbocycles. The number of anilines is 1. The summed E-state index contributed by atoms with van der Waals surface area (Å²) < 4.78 is 25.8. The first-order chi connectivity index (χ1) is 12.0. The molecule has 6 heteroatoms. The van der Waals surface area contributed by atoms with Crippen molar-refractivity contribution in [2.45, 2.75) is 29.4 Å². The molecular weight excluding hydrogens is 338 g/mol. The van der Waals surface area contributed by atoms with E-state index in [4.69, 9.17) is 5.11 Å². The van der Waals surface area contributed by atoms with Crippen molar-refractivity contribution in [3.05, 3.63) is 60.2 Å². The fraction of sp³-hybridized carbons (Fsp3) is 0.316. The van der Waals surface area contributed by atoms with Crippen molar-refractivity contribution >= 4 is 21.5 Å². The number of hydrogen-bond donors (Lipinski definition) is 1. The Morgan fingerprint density at radius 1 is 1.04 bits per heavy atom. The predicted molar refractivity (Wildman–Crippen MR) is 96.6 cm³/mol. The lowest BCUT2D eigenvalue weighted by molar-refractivity contribution is -0.136. The number of benzene rings is 2. The minimum atomic E-state index is -3.45. The molecule has 0 radical (unpaired) electrons. The van der Waals surface area contributed by atoms with Gasteiger partial charge in [-0.15, -0.1) is 0 Å². The Hall–Kier alpha value is -2.34. The van der Waals surface area contributed by atoms with Gasteiger partial charge in [0.05, 0.1) is 16.6 Å². The minimum absolute atomic E-state index is 0.171. The number of nitrogens with zero attached hydrogens (tertiary/aromatic N) is 1. The molecule has 1 fully saturated rings. The number of para-hydroxylation sites is 1. The molecule has 0 aromatic heterocycles. The normalized spacial score (nSPS) is 15.9. The van der Waals surface area contributed by atoms with Gasteiger partial charge in [0.25, 0.3) is 0 Å². The number of aliphatic carboxylic acids is 1. The Bertz CT molecular complexity index is 841. The van der Waals surface area contributed by atoms with E-state index in [1.807, 2.05) is 30.3 Å². The van der Waals surface area contributed by atoms with Crippen molar-refractivity contribution in [3.63, 3.8) is 0 Å². The summed E-state index contributed by atoms with van der Waals surface area (Å²) in [5.74, 6) is -0.967. The Labute approximate surface area is 147 Å². The van der Waals surface area contributed by atoms with Gasteiger partial charge in [0.2, 0.25) is 0 Å². The van der Waals surface area contributed by atoms with Crippen LogP contribution >= 0.6 is 0 Å². The molecule has 5 nitrogen and oxygen atoms in total. The second-order valence-electron chi connectivity index (χ2n) is 6.28. The molecule has 132 valence electrons.